The monoisotopic (exact) mass is 384 g/mol. The molecule has 4 rings (SSSR count). The van der Waals surface area contributed by atoms with Gasteiger partial charge in [0, 0.05) is 22.4 Å². The average molecular weight is 384 g/mol. The summed E-state index contributed by atoms with van der Waals surface area (Å²) in [6.07, 6.45) is 1.65. The van der Waals surface area contributed by atoms with Gasteiger partial charge in [-0.05, 0) is 55.5 Å². The van der Waals surface area contributed by atoms with Crippen molar-refractivity contribution in [2.75, 3.05) is 12.4 Å². The van der Waals surface area contributed by atoms with E-state index in [-0.39, 0.29) is 5.91 Å². The zero-order chi connectivity index (χ0) is 20.2. The van der Waals surface area contributed by atoms with E-state index >= 15 is 0 Å². The highest BCUT2D eigenvalue weighted by molar-refractivity contribution is 6.04. The number of hydrogen-bond donors (Lipinski definition) is 1. The minimum atomic E-state index is -0.182. The molecule has 29 heavy (non-hydrogen) atoms. The van der Waals surface area contributed by atoms with Gasteiger partial charge in [-0.2, -0.15) is 0 Å². The number of nitrogens with zero attached hydrogens (tertiary/aromatic N) is 1. The molecular formula is C24H20N2O3. The van der Waals surface area contributed by atoms with Gasteiger partial charge in [-0.1, -0.05) is 29.8 Å². The Hall–Kier alpha value is -3.86. The number of benzene rings is 3. The van der Waals surface area contributed by atoms with Crippen LogP contribution in [-0.2, 0) is 0 Å². The molecule has 0 saturated carbocycles. The summed E-state index contributed by atoms with van der Waals surface area (Å²) in [5.41, 5.74) is 5.09. The highest BCUT2D eigenvalue weighted by Crippen LogP contribution is 2.26. The average Bonchev–Trinajstić information content (AvgIpc) is 3.25. The molecule has 0 aliphatic carbocycles. The van der Waals surface area contributed by atoms with Gasteiger partial charge in [0.25, 0.3) is 5.91 Å². The van der Waals surface area contributed by atoms with Crippen LogP contribution in [0.25, 0.3) is 22.7 Å². The molecule has 0 spiro atoms. The second-order valence-corrected chi connectivity index (χ2v) is 6.66. The lowest BCUT2D eigenvalue weighted by Crippen LogP contribution is -2.11. The topological polar surface area (TPSA) is 64.4 Å². The third kappa shape index (κ3) is 4.19. The fourth-order valence-corrected chi connectivity index (χ4v) is 2.91. The van der Waals surface area contributed by atoms with E-state index in [0.29, 0.717) is 22.9 Å². The largest absolute Gasteiger partial charge is 0.497 e. The Labute approximate surface area is 169 Å². The smallest absolute Gasteiger partial charge is 0.255 e. The third-order valence-electron chi connectivity index (χ3n) is 4.59. The first-order valence-corrected chi connectivity index (χ1v) is 9.21. The van der Waals surface area contributed by atoms with E-state index in [1.807, 2.05) is 55.5 Å². The van der Waals surface area contributed by atoms with Gasteiger partial charge in [0.2, 0.25) is 5.89 Å². The number of hydrogen-bond acceptors (Lipinski definition) is 4. The Morgan fingerprint density at radius 2 is 1.55 bits per heavy atom. The molecule has 1 aromatic heterocycles. The second-order valence-electron chi connectivity index (χ2n) is 6.66. The Kier molecular flexibility index (Phi) is 5.12. The third-order valence-corrected chi connectivity index (χ3v) is 4.59. The molecule has 0 atom stereocenters. The molecule has 0 unspecified atom stereocenters. The van der Waals surface area contributed by atoms with E-state index in [2.05, 4.69) is 10.3 Å². The molecule has 4 aromatic rings. The van der Waals surface area contributed by atoms with E-state index in [9.17, 15) is 4.79 Å². The number of rotatable bonds is 5. The summed E-state index contributed by atoms with van der Waals surface area (Å²) in [6.45, 7) is 2.05. The van der Waals surface area contributed by atoms with Crippen molar-refractivity contribution in [2.45, 2.75) is 6.92 Å². The number of anilines is 1. The summed E-state index contributed by atoms with van der Waals surface area (Å²) in [5.74, 6) is 1.06. The quantitative estimate of drug-likeness (QED) is 0.488. The van der Waals surface area contributed by atoms with Gasteiger partial charge in [0.05, 0.1) is 7.11 Å². The Morgan fingerprint density at radius 3 is 2.21 bits per heavy atom. The molecule has 0 bridgehead atoms. The van der Waals surface area contributed by atoms with Crippen LogP contribution in [-0.4, -0.2) is 18.0 Å². The highest BCUT2D eigenvalue weighted by atomic mass is 16.5. The van der Waals surface area contributed by atoms with Gasteiger partial charge in [-0.25, -0.2) is 4.98 Å². The summed E-state index contributed by atoms with van der Waals surface area (Å²) in [7, 11) is 1.59. The molecule has 0 radical (unpaired) electrons. The summed E-state index contributed by atoms with van der Waals surface area (Å²) in [4.78, 5) is 16.9. The number of aromatic nitrogens is 1. The lowest BCUT2D eigenvalue weighted by atomic mass is 10.1. The zero-order valence-electron chi connectivity index (χ0n) is 16.2. The zero-order valence-corrected chi connectivity index (χ0v) is 16.2. The summed E-state index contributed by atoms with van der Waals surface area (Å²) >= 11 is 0. The molecule has 0 aliphatic heterocycles. The molecule has 1 heterocycles. The maximum atomic E-state index is 12.4. The van der Waals surface area contributed by atoms with Gasteiger partial charge < -0.3 is 14.5 Å². The normalized spacial score (nSPS) is 10.6. The van der Waals surface area contributed by atoms with Crippen molar-refractivity contribution in [1.82, 2.24) is 4.98 Å². The number of methoxy groups -OCH3 is 1. The fourth-order valence-electron chi connectivity index (χ4n) is 2.91. The molecule has 144 valence electrons. The molecular weight excluding hydrogens is 364 g/mol. The van der Waals surface area contributed by atoms with Crippen LogP contribution in [0.5, 0.6) is 5.75 Å². The molecule has 1 N–H and O–H groups in total. The predicted molar refractivity (Wildman–Crippen MR) is 113 cm³/mol. The molecule has 0 fully saturated rings. The van der Waals surface area contributed by atoms with Crippen molar-refractivity contribution < 1.29 is 13.9 Å². The lowest BCUT2D eigenvalue weighted by Gasteiger charge is -2.06. The maximum absolute atomic E-state index is 12.4. The van der Waals surface area contributed by atoms with Crippen molar-refractivity contribution in [3.05, 3.63) is 90.2 Å². The SMILES string of the molecule is COc1ccc(C(=O)Nc2ccc(-c3nc(-c4ccc(C)cc4)co3)cc2)cc1. The molecule has 1 amide bonds. The summed E-state index contributed by atoms with van der Waals surface area (Å²) < 4.78 is 10.7. The highest BCUT2D eigenvalue weighted by Gasteiger charge is 2.10. The van der Waals surface area contributed by atoms with Crippen LogP contribution in [0.3, 0.4) is 0 Å². The number of oxazole rings is 1. The minimum Gasteiger partial charge on any atom is -0.497 e. The van der Waals surface area contributed by atoms with E-state index in [4.69, 9.17) is 9.15 Å². The van der Waals surface area contributed by atoms with Crippen LogP contribution in [0.15, 0.2) is 83.5 Å². The van der Waals surface area contributed by atoms with Crippen molar-refractivity contribution in [1.29, 1.82) is 0 Å². The van der Waals surface area contributed by atoms with Crippen LogP contribution < -0.4 is 10.1 Å². The minimum absolute atomic E-state index is 0.182. The maximum Gasteiger partial charge on any atom is 0.255 e. The van der Waals surface area contributed by atoms with E-state index in [1.54, 1.807) is 37.6 Å². The molecule has 5 heteroatoms. The first-order valence-electron chi connectivity index (χ1n) is 9.21. The second kappa shape index (κ2) is 8.02. The van der Waals surface area contributed by atoms with Gasteiger partial charge >= 0.3 is 0 Å². The first-order chi connectivity index (χ1) is 14.1. The van der Waals surface area contributed by atoms with Crippen molar-refractivity contribution >= 4 is 11.6 Å². The summed E-state index contributed by atoms with van der Waals surface area (Å²) in [6, 6.07) is 22.5. The van der Waals surface area contributed by atoms with Gasteiger partial charge in [0.1, 0.15) is 17.7 Å². The van der Waals surface area contributed by atoms with Gasteiger partial charge in [0.15, 0.2) is 0 Å². The first kappa shape index (κ1) is 18.5. The van der Waals surface area contributed by atoms with Crippen molar-refractivity contribution in [3.8, 4) is 28.5 Å². The fraction of sp³-hybridized carbons (Fsp3) is 0.0833. The predicted octanol–water partition coefficient (Wildman–Crippen LogP) is 5.58. The Morgan fingerprint density at radius 1 is 0.897 bits per heavy atom. The Bertz CT molecular complexity index is 1110. The number of carbonyl (C=O) groups excluding carboxylic acids is 1. The molecule has 0 aliphatic rings. The number of ether oxygens (including phenoxy) is 1. The number of nitrogens with one attached hydrogen (secondary N) is 1. The van der Waals surface area contributed by atoms with Crippen LogP contribution >= 0.6 is 0 Å². The molecule has 0 saturated heterocycles. The standard InChI is InChI=1S/C24H20N2O3/c1-16-3-5-17(6-4-16)22-15-29-24(26-22)19-7-11-20(12-8-19)25-23(27)18-9-13-21(28-2)14-10-18/h3-15H,1-2H3,(H,25,27). The van der Waals surface area contributed by atoms with Gasteiger partial charge in [-0.15, -0.1) is 0 Å². The number of carbonyl (C=O) groups is 1. The van der Waals surface area contributed by atoms with Crippen LogP contribution in [0, 0.1) is 6.92 Å². The van der Waals surface area contributed by atoms with E-state index in [0.717, 1.165) is 16.8 Å². The van der Waals surface area contributed by atoms with E-state index in [1.165, 1.54) is 5.56 Å². The summed E-state index contributed by atoms with van der Waals surface area (Å²) in [5, 5.41) is 2.88. The van der Waals surface area contributed by atoms with E-state index < -0.39 is 0 Å². The van der Waals surface area contributed by atoms with Gasteiger partial charge in [-0.3, -0.25) is 4.79 Å². The number of amides is 1. The van der Waals surface area contributed by atoms with Crippen LogP contribution in [0.4, 0.5) is 5.69 Å². The Balaban J connectivity index is 1.46. The molecule has 5 nitrogen and oxygen atoms in total. The lowest BCUT2D eigenvalue weighted by molar-refractivity contribution is 0.102. The van der Waals surface area contributed by atoms with Crippen molar-refractivity contribution in [2.24, 2.45) is 0 Å². The molecule has 3 aromatic carbocycles. The van der Waals surface area contributed by atoms with Crippen LogP contribution in [0.1, 0.15) is 15.9 Å². The number of aryl methyl sites for hydroxylation is 1. The van der Waals surface area contributed by atoms with Crippen LogP contribution in [0.2, 0.25) is 0 Å². The van der Waals surface area contributed by atoms with Crippen molar-refractivity contribution in [3.63, 3.8) is 0 Å².